The van der Waals surface area contributed by atoms with Gasteiger partial charge in [0, 0.05) is 12.1 Å². The van der Waals surface area contributed by atoms with Crippen LogP contribution in [0.2, 0.25) is 0 Å². The van der Waals surface area contributed by atoms with Crippen LogP contribution in [-0.2, 0) is 19.6 Å². The van der Waals surface area contributed by atoms with Crippen LogP contribution in [0, 0.1) is 13.8 Å². The highest BCUT2D eigenvalue weighted by atomic mass is 16.2. The van der Waals surface area contributed by atoms with E-state index < -0.39 is 0 Å². The number of amides is 1. The molecule has 0 fully saturated rings. The summed E-state index contributed by atoms with van der Waals surface area (Å²) in [6.07, 6.45) is 0. The molecule has 0 bridgehead atoms. The third kappa shape index (κ3) is 5.20. The molecule has 1 N–H and O–H groups in total. The van der Waals surface area contributed by atoms with Crippen LogP contribution in [0.25, 0.3) is 10.9 Å². The Labute approximate surface area is 220 Å². The minimum absolute atomic E-state index is 0.113. The van der Waals surface area contributed by atoms with Gasteiger partial charge in [-0.2, -0.15) is 0 Å². The van der Waals surface area contributed by atoms with E-state index in [9.17, 15) is 14.4 Å². The second kappa shape index (κ2) is 10.7. The van der Waals surface area contributed by atoms with Crippen molar-refractivity contribution in [3.63, 3.8) is 0 Å². The Morgan fingerprint density at radius 2 is 1.37 bits per heavy atom. The second-order valence-corrected chi connectivity index (χ2v) is 9.57. The number of hydrogen-bond donors (Lipinski definition) is 1. The lowest BCUT2D eigenvalue weighted by atomic mass is 10.1. The van der Waals surface area contributed by atoms with Crippen molar-refractivity contribution in [1.29, 1.82) is 0 Å². The van der Waals surface area contributed by atoms with E-state index in [-0.39, 0.29) is 23.7 Å². The topological polar surface area (TPSA) is 73.1 Å². The first-order valence-electron chi connectivity index (χ1n) is 12.6. The fourth-order valence-corrected chi connectivity index (χ4v) is 4.56. The maximum Gasteiger partial charge on any atom is 0.332 e. The Bertz CT molecular complexity index is 1730. The van der Waals surface area contributed by atoms with Gasteiger partial charge < -0.3 is 5.32 Å². The first-order chi connectivity index (χ1) is 18.4. The fraction of sp³-hybridized carbons (Fsp3) is 0.156. The van der Waals surface area contributed by atoms with Crippen LogP contribution < -0.4 is 16.6 Å². The molecule has 0 spiro atoms. The number of aromatic nitrogens is 2. The first-order valence-corrected chi connectivity index (χ1v) is 12.6. The summed E-state index contributed by atoms with van der Waals surface area (Å²) in [6, 6.07) is 30.1. The zero-order chi connectivity index (χ0) is 26.6. The number of carbonyl (C=O) groups excluding carboxylic acids is 1. The molecule has 5 aromatic rings. The molecule has 1 heterocycles. The summed E-state index contributed by atoms with van der Waals surface area (Å²) in [5.41, 5.74) is 5.50. The van der Waals surface area contributed by atoms with E-state index in [1.165, 1.54) is 10.1 Å². The quantitative estimate of drug-likeness (QED) is 0.347. The number of aryl methyl sites for hydroxylation is 2. The number of hydrogen-bond acceptors (Lipinski definition) is 3. The highest BCUT2D eigenvalue weighted by Crippen LogP contribution is 2.14. The molecule has 6 heteroatoms. The van der Waals surface area contributed by atoms with Crippen LogP contribution in [0.1, 0.15) is 38.2 Å². The predicted molar refractivity (Wildman–Crippen MR) is 151 cm³/mol. The van der Waals surface area contributed by atoms with Crippen molar-refractivity contribution in [1.82, 2.24) is 14.5 Å². The number of carbonyl (C=O) groups is 1. The minimum atomic E-state index is -0.364. The number of para-hydroxylation sites is 1. The minimum Gasteiger partial charge on any atom is -0.348 e. The van der Waals surface area contributed by atoms with Gasteiger partial charge in [0.05, 0.1) is 24.0 Å². The van der Waals surface area contributed by atoms with Crippen molar-refractivity contribution in [2.45, 2.75) is 33.5 Å². The van der Waals surface area contributed by atoms with Gasteiger partial charge in [-0.25, -0.2) is 4.79 Å². The molecule has 0 saturated carbocycles. The molecule has 5 rings (SSSR count). The van der Waals surface area contributed by atoms with Crippen molar-refractivity contribution in [2.24, 2.45) is 0 Å². The Morgan fingerprint density at radius 3 is 2.11 bits per heavy atom. The highest BCUT2D eigenvalue weighted by Gasteiger charge is 2.15. The number of nitrogens with one attached hydrogen (secondary N) is 1. The van der Waals surface area contributed by atoms with Crippen molar-refractivity contribution < 1.29 is 4.79 Å². The Morgan fingerprint density at radius 1 is 0.711 bits per heavy atom. The third-order valence-corrected chi connectivity index (χ3v) is 6.85. The summed E-state index contributed by atoms with van der Waals surface area (Å²) in [5.74, 6) is -0.180. The van der Waals surface area contributed by atoms with Gasteiger partial charge in [0.2, 0.25) is 0 Å². The van der Waals surface area contributed by atoms with E-state index in [0.29, 0.717) is 29.6 Å². The van der Waals surface area contributed by atoms with Crippen LogP contribution >= 0.6 is 0 Å². The molecule has 0 radical (unpaired) electrons. The van der Waals surface area contributed by atoms with Crippen molar-refractivity contribution in [3.05, 3.63) is 151 Å². The van der Waals surface area contributed by atoms with Gasteiger partial charge in [0.1, 0.15) is 0 Å². The first kappa shape index (κ1) is 25.0. The molecule has 190 valence electrons. The van der Waals surface area contributed by atoms with E-state index in [0.717, 1.165) is 22.3 Å². The largest absolute Gasteiger partial charge is 0.348 e. The normalized spacial score (nSPS) is 11.0. The third-order valence-electron chi connectivity index (χ3n) is 6.85. The highest BCUT2D eigenvalue weighted by molar-refractivity contribution is 5.94. The lowest BCUT2D eigenvalue weighted by molar-refractivity contribution is 0.0951. The molecular formula is C32H29N3O3. The van der Waals surface area contributed by atoms with E-state index in [4.69, 9.17) is 0 Å². The lowest BCUT2D eigenvalue weighted by Gasteiger charge is -2.15. The fourth-order valence-electron chi connectivity index (χ4n) is 4.56. The van der Waals surface area contributed by atoms with Crippen molar-refractivity contribution >= 4 is 16.8 Å². The Balaban J connectivity index is 1.41. The van der Waals surface area contributed by atoms with Crippen LogP contribution in [0.5, 0.6) is 0 Å². The molecule has 6 nitrogen and oxygen atoms in total. The Hall–Kier alpha value is -4.71. The standard InChI is InChI=1S/C32H29N3O3/c1-22-11-13-24(14-12-22)19-33-30(36)26-17-15-25(16-18-26)20-35-31(37)28-9-5-6-10-29(28)34(32(35)38)21-27-8-4-3-7-23(27)2/h3-18H,19-21H2,1-2H3,(H,33,36). The monoisotopic (exact) mass is 503 g/mol. The summed E-state index contributed by atoms with van der Waals surface area (Å²) in [5, 5.41) is 3.42. The van der Waals surface area contributed by atoms with Gasteiger partial charge in [-0.15, -0.1) is 0 Å². The number of rotatable bonds is 7. The molecule has 0 saturated heterocycles. The Kier molecular flexibility index (Phi) is 7.05. The van der Waals surface area contributed by atoms with Gasteiger partial charge in [-0.05, 0) is 60.4 Å². The molecule has 1 amide bonds. The maximum absolute atomic E-state index is 13.6. The average molecular weight is 504 g/mol. The molecule has 0 aliphatic heterocycles. The van der Waals surface area contributed by atoms with Crippen molar-refractivity contribution in [2.75, 3.05) is 0 Å². The summed E-state index contributed by atoms with van der Waals surface area (Å²) in [7, 11) is 0. The van der Waals surface area contributed by atoms with Crippen LogP contribution in [0.4, 0.5) is 0 Å². The lowest BCUT2D eigenvalue weighted by Crippen LogP contribution is -2.40. The summed E-state index contributed by atoms with van der Waals surface area (Å²) in [4.78, 5) is 39.6. The maximum atomic E-state index is 13.6. The van der Waals surface area contributed by atoms with Crippen LogP contribution in [0.3, 0.4) is 0 Å². The molecule has 0 unspecified atom stereocenters. The van der Waals surface area contributed by atoms with Crippen LogP contribution in [0.15, 0.2) is 107 Å². The molecule has 38 heavy (non-hydrogen) atoms. The summed E-state index contributed by atoms with van der Waals surface area (Å²) >= 11 is 0. The molecule has 0 atom stereocenters. The zero-order valence-corrected chi connectivity index (χ0v) is 21.5. The molecule has 1 aromatic heterocycles. The summed E-state index contributed by atoms with van der Waals surface area (Å²) in [6.45, 7) is 4.95. The van der Waals surface area contributed by atoms with Crippen molar-refractivity contribution in [3.8, 4) is 0 Å². The average Bonchev–Trinajstić information content (AvgIpc) is 2.94. The van der Waals surface area contributed by atoms with Crippen LogP contribution in [-0.4, -0.2) is 15.0 Å². The van der Waals surface area contributed by atoms with Gasteiger partial charge in [0.25, 0.3) is 11.5 Å². The number of benzene rings is 4. The molecule has 0 aliphatic rings. The van der Waals surface area contributed by atoms with E-state index >= 15 is 0 Å². The van der Waals surface area contributed by atoms with E-state index in [1.54, 1.807) is 41.0 Å². The molecular weight excluding hydrogens is 474 g/mol. The van der Waals surface area contributed by atoms with E-state index in [2.05, 4.69) is 5.32 Å². The van der Waals surface area contributed by atoms with Gasteiger partial charge in [-0.3, -0.25) is 18.7 Å². The summed E-state index contributed by atoms with van der Waals surface area (Å²) < 4.78 is 2.93. The van der Waals surface area contributed by atoms with Gasteiger partial charge in [0.15, 0.2) is 0 Å². The molecule has 4 aromatic carbocycles. The van der Waals surface area contributed by atoms with Gasteiger partial charge in [-0.1, -0.05) is 78.4 Å². The number of nitrogens with zero attached hydrogens (tertiary/aromatic N) is 2. The number of fused-ring (bicyclic) bond motifs is 1. The molecule has 0 aliphatic carbocycles. The van der Waals surface area contributed by atoms with E-state index in [1.807, 2.05) is 74.5 Å². The second-order valence-electron chi connectivity index (χ2n) is 9.57. The predicted octanol–water partition coefficient (Wildman–Crippen LogP) is 4.81. The SMILES string of the molecule is Cc1ccc(CNC(=O)c2ccc(Cn3c(=O)c4ccccc4n(Cc4ccccc4C)c3=O)cc2)cc1. The smallest absolute Gasteiger partial charge is 0.332 e. The van der Waals surface area contributed by atoms with Gasteiger partial charge >= 0.3 is 5.69 Å². The zero-order valence-electron chi connectivity index (χ0n) is 21.5.